The van der Waals surface area contributed by atoms with Crippen LogP contribution in [0, 0.1) is 11.8 Å². The molecule has 1 heterocycles. The van der Waals surface area contributed by atoms with E-state index in [0.717, 1.165) is 25.3 Å². The first kappa shape index (κ1) is 14.4. The van der Waals surface area contributed by atoms with Crippen LogP contribution < -0.4 is 5.32 Å². The number of hydrogen-bond acceptors (Lipinski definition) is 2. The van der Waals surface area contributed by atoms with E-state index in [9.17, 15) is 4.79 Å². The highest BCUT2D eigenvalue weighted by Crippen LogP contribution is 2.39. The zero-order valence-electron chi connectivity index (χ0n) is 13.2. The molecule has 1 N–H and O–H groups in total. The van der Waals surface area contributed by atoms with Crippen molar-refractivity contribution in [1.82, 2.24) is 10.2 Å². The first-order valence-corrected chi connectivity index (χ1v) is 8.71. The van der Waals surface area contributed by atoms with Crippen LogP contribution in [0.2, 0.25) is 0 Å². The van der Waals surface area contributed by atoms with Crippen LogP contribution in [0.1, 0.15) is 71.6 Å². The van der Waals surface area contributed by atoms with Gasteiger partial charge in [-0.25, -0.2) is 0 Å². The molecular formula is C17H30N2O. The Kier molecular flexibility index (Phi) is 4.07. The zero-order valence-corrected chi connectivity index (χ0v) is 13.2. The summed E-state index contributed by atoms with van der Waals surface area (Å²) in [6.45, 7) is 5.48. The van der Waals surface area contributed by atoms with Crippen LogP contribution in [0.5, 0.6) is 0 Å². The van der Waals surface area contributed by atoms with Crippen molar-refractivity contribution in [2.24, 2.45) is 11.8 Å². The Balaban J connectivity index is 1.73. The fourth-order valence-electron chi connectivity index (χ4n) is 4.53. The van der Waals surface area contributed by atoms with Crippen molar-refractivity contribution >= 4 is 5.91 Å². The summed E-state index contributed by atoms with van der Waals surface area (Å²) in [4.78, 5) is 15.2. The van der Waals surface area contributed by atoms with E-state index < -0.39 is 0 Å². The lowest BCUT2D eigenvalue weighted by molar-refractivity contribution is -0.134. The molecule has 0 radical (unpaired) electrons. The van der Waals surface area contributed by atoms with Crippen molar-refractivity contribution in [2.75, 3.05) is 6.54 Å². The molecule has 3 aliphatic rings. The number of nitrogens with zero attached hydrogens (tertiary/aromatic N) is 1. The van der Waals surface area contributed by atoms with Crippen molar-refractivity contribution in [3.05, 3.63) is 0 Å². The fourth-order valence-corrected chi connectivity index (χ4v) is 4.53. The molecule has 3 heteroatoms. The van der Waals surface area contributed by atoms with Gasteiger partial charge < -0.3 is 4.90 Å². The minimum absolute atomic E-state index is 0.191. The molecule has 0 bridgehead atoms. The smallest absolute Gasteiger partial charge is 0.244 e. The van der Waals surface area contributed by atoms with Crippen LogP contribution in [-0.4, -0.2) is 29.1 Å². The van der Waals surface area contributed by atoms with Crippen LogP contribution in [0.25, 0.3) is 0 Å². The third kappa shape index (κ3) is 2.49. The van der Waals surface area contributed by atoms with E-state index in [1.165, 1.54) is 44.9 Å². The summed E-state index contributed by atoms with van der Waals surface area (Å²) in [5, 5.41) is 3.73. The molecule has 2 aliphatic carbocycles. The topological polar surface area (TPSA) is 32.3 Å². The van der Waals surface area contributed by atoms with Gasteiger partial charge in [-0.1, -0.05) is 46.0 Å². The van der Waals surface area contributed by atoms with Crippen LogP contribution in [0.15, 0.2) is 0 Å². The average molecular weight is 278 g/mol. The molecular weight excluding hydrogens is 248 g/mol. The molecule has 1 saturated heterocycles. The molecule has 0 aromatic rings. The molecule has 1 amide bonds. The second-order valence-corrected chi connectivity index (χ2v) is 7.58. The van der Waals surface area contributed by atoms with Crippen LogP contribution >= 0.6 is 0 Å². The van der Waals surface area contributed by atoms with E-state index in [2.05, 4.69) is 24.1 Å². The van der Waals surface area contributed by atoms with Crippen LogP contribution in [-0.2, 0) is 4.79 Å². The lowest BCUT2D eigenvalue weighted by atomic mass is 9.88. The lowest BCUT2D eigenvalue weighted by Gasteiger charge is -2.32. The summed E-state index contributed by atoms with van der Waals surface area (Å²) in [6, 6.07) is 0. The Morgan fingerprint density at radius 1 is 1.15 bits per heavy atom. The summed E-state index contributed by atoms with van der Waals surface area (Å²) in [6.07, 6.45) is 11.5. The molecule has 114 valence electrons. The molecule has 1 atom stereocenters. The molecule has 0 aromatic carbocycles. The Labute approximate surface area is 123 Å². The standard InChI is InChI=1S/C17H30N2O/c1-13(2)15-18-17(10-6-7-11-17)16(20)19(15)12-14-8-4-3-5-9-14/h13-15,18H,3-12H2,1-2H3. The number of hydrogen-bond donors (Lipinski definition) is 1. The van der Waals surface area contributed by atoms with Gasteiger partial charge in [0.15, 0.2) is 0 Å². The van der Waals surface area contributed by atoms with Gasteiger partial charge in [-0.05, 0) is 37.5 Å². The summed E-state index contributed by atoms with van der Waals surface area (Å²) < 4.78 is 0. The maximum absolute atomic E-state index is 13.0. The Morgan fingerprint density at radius 2 is 1.80 bits per heavy atom. The highest BCUT2D eigenvalue weighted by Gasteiger charge is 2.52. The normalized spacial score (nSPS) is 30.9. The minimum atomic E-state index is -0.191. The number of carbonyl (C=O) groups excluding carboxylic acids is 1. The number of amides is 1. The molecule has 3 fully saturated rings. The summed E-state index contributed by atoms with van der Waals surface area (Å²) >= 11 is 0. The largest absolute Gasteiger partial charge is 0.325 e. The maximum atomic E-state index is 13.0. The summed E-state index contributed by atoms with van der Waals surface area (Å²) in [7, 11) is 0. The highest BCUT2D eigenvalue weighted by atomic mass is 16.2. The lowest BCUT2D eigenvalue weighted by Crippen LogP contribution is -2.45. The Bertz CT molecular complexity index is 354. The number of carbonyl (C=O) groups is 1. The van der Waals surface area contributed by atoms with E-state index in [-0.39, 0.29) is 11.7 Å². The van der Waals surface area contributed by atoms with Crippen LogP contribution in [0.4, 0.5) is 0 Å². The molecule has 2 saturated carbocycles. The van der Waals surface area contributed by atoms with E-state index in [4.69, 9.17) is 0 Å². The van der Waals surface area contributed by atoms with E-state index in [1.807, 2.05) is 0 Å². The van der Waals surface area contributed by atoms with Gasteiger partial charge in [0.25, 0.3) is 0 Å². The van der Waals surface area contributed by atoms with Gasteiger partial charge in [0.05, 0.1) is 11.7 Å². The second-order valence-electron chi connectivity index (χ2n) is 7.58. The predicted octanol–water partition coefficient (Wildman–Crippen LogP) is 3.29. The van der Waals surface area contributed by atoms with Crippen molar-refractivity contribution in [3.8, 4) is 0 Å². The molecule has 20 heavy (non-hydrogen) atoms. The van der Waals surface area contributed by atoms with Crippen LogP contribution in [0.3, 0.4) is 0 Å². The van der Waals surface area contributed by atoms with E-state index in [1.54, 1.807) is 0 Å². The third-order valence-electron chi connectivity index (χ3n) is 5.70. The quantitative estimate of drug-likeness (QED) is 0.859. The zero-order chi connectivity index (χ0) is 14.2. The maximum Gasteiger partial charge on any atom is 0.244 e. The summed E-state index contributed by atoms with van der Waals surface area (Å²) in [5.74, 6) is 1.66. The van der Waals surface area contributed by atoms with E-state index in [0.29, 0.717) is 11.8 Å². The molecule has 0 aromatic heterocycles. The summed E-state index contributed by atoms with van der Waals surface area (Å²) in [5.41, 5.74) is -0.191. The predicted molar refractivity (Wildman–Crippen MR) is 81.2 cm³/mol. The average Bonchev–Trinajstić information content (AvgIpc) is 3.02. The van der Waals surface area contributed by atoms with Gasteiger partial charge in [0, 0.05) is 6.54 Å². The first-order valence-electron chi connectivity index (χ1n) is 8.71. The first-order chi connectivity index (χ1) is 9.62. The number of nitrogens with one attached hydrogen (secondary N) is 1. The molecule has 1 aliphatic heterocycles. The van der Waals surface area contributed by atoms with Gasteiger partial charge >= 0.3 is 0 Å². The SMILES string of the molecule is CC(C)C1NC2(CCCC2)C(=O)N1CC1CCCCC1. The van der Waals surface area contributed by atoms with Gasteiger partial charge in [0.1, 0.15) is 0 Å². The molecule has 3 nitrogen and oxygen atoms in total. The van der Waals surface area contributed by atoms with Crippen molar-refractivity contribution in [1.29, 1.82) is 0 Å². The molecule has 3 rings (SSSR count). The van der Waals surface area contributed by atoms with Gasteiger partial charge in [0.2, 0.25) is 5.91 Å². The van der Waals surface area contributed by atoms with E-state index >= 15 is 0 Å². The van der Waals surface area contributed by atoms with Crippen molar-refractivity contribution in [2.45, 2.75) is 83.3 Å². The second kappa shape index (κ2) is 5.67. The van der Waals surface area contributed by atoms with Crippen molar-refractivity contribution in [3.63, 3.8) is 0 Å². The van der Waals surface area contributed by atoms with Crippen molar-refractivity contribution < 1.29 is 4.79 Å². The van der Waals surface area contributed by atoms with Gasteiger partial charge in [-0.2, -0.15) is 0 Å². The van der Waals surface area contributed by atoms with Gasteiger partial charge in [-0.3, -0.25) is 10.1 Å². The van der Waals surface area contributed by atoms with Gasteiger partial charge in [-0.15, -0.1) is 0 Å². The molecule has 1 spiro atoms. The fraction of sp³-hybridized carbons (Fsp3) is 0.941. The number of rotatable bonds is 3. The highest BCUT2D eigenvalue weighted by molar-refractivity contribution is 5.89. The Morgan fingerprint density at radius 3 is 2.40 bits per heavy atom. The third-order valence-corrected chi connectivity index (χ3v) is 5.70. The minimum Gasteiger partial charge on any atom is -0.325 e. The Hall–Kier alpha value is -0.570. The monoisotopic (exact) mass is 278 g/mol. The molecule has 1 unspecified atom stereocenters.